The maximum absolute atomic E-state index is 12.3. The molecule has 2 atom stereocenters. The minimum absolute atomic E-state index is 0.00632. The van der Waals surface area contributed by atoms with Crippen molar-refractivity contribution < 1.29 is 56.4 Å². The molecule has 0 bridgehead atoms. The summed E-state index contributed by atoms with van der Waals surface area (Å²) < 4.78 is 63.2. The van der Waals surface area contributed by atoms with Crippen LogP contribution in [0.3, 0.4) is 0 Å². The third-order valence-electron chi connectivity index (χ3n) is 4.91. The second-order valence-electron chi connectivity index (χ2n) is 7.18. The Balaban J connectivity index is 2.29. The summed E-state index contributed by atoms with van der Waals surface area (Å²) in [5.41, 5.74) is -0.668. The molecule has 0 aromatic heterocycles. The Hall–Kier alpha value is -2.56. The molecule has 0 spiro atoms. The van der Waals surface area contributed by atoms with Gasteiger partial charge in [-0.05, 0) is 32.3 Å². The molecule has 178 valence electrons. The number of halogens is 3. The van der Waals surface area contributed by atoms with Gasteiger partial charge in [0.25, 0.3) is 0 Å². The first-order valence-corrected chi connectivity index (χ1v) is 10.8. The number of hydrogen-bond donors (Lipinski definition) is 3. The molecule has 0 fully saturated rings. The number of carboxylic acids is 1. The highest BCUT2D eigenvalue weighted by atomic mass is 31.2. The Kier molecular flexibility index (Phi) is 7.64. The van der Waals surface area contributed by atoms with Gasteiger partial charge >= 0.3 is 25.7 Å². The van der Waals surface area contributed by atoms with E-state index >= 15 is 0 Å². The summed E-state index contributed by atoms with van der Waals surface area (Å²) in [4.78, 5) is 33.1. The fourth-order valence-electron chi connectivity index (χ4n) is 3.29. The van der Waals surface area contributed by atoms with Gasteiger partial charge < -0.3 is 24.6 Å². The van der Waals surface area contributed by atoms with E-state index in [0.717, 1.165) is 0 Å². The van der Waals surface area contributed by atoms with Gasteiger partial charge in [0.1, 0.15) is 23.7 Å². The number of phenols is 1. The molecule has 2 unspecified atom stereocenters. The van der Waals surface area contributed by atoms with E-state index in [1.54, 1.807) is 6.92 Å². The lowest BCUT2D eigenvalue weighted by Crippen LogP contribution is -2.25. The SMILES string of the molecule is COc1c(C)c2c(c(O)c1CC=C(C)CC(C(=O)O)P(=O)(O)OCC(F)(F)F)C(=O)OC2. The first kappa shape index (κ1) is 25.7. The van der Waals surface area contributed by atoms with Crippen LogP contribution in [0.1, 0.15) is 40.4 Å². The minimum Gasteiger partial charge on any atom is -0.507 e. The normalized spacial score (nSPS) is 16.8. The molecule has 0 aliphatic carbocycles. The van der Waals surface area contributed by atoms with Crippen molar-refractivity contribution in [1.29, 1.82) is 0 Å². The average molecular weight is 482 g/mol. The van der Waals surface area contributed by atoms with Crippen molar-refractivity contribution in [3.63, 3.8) is 0 Å². The molecule has 9 nitrogen and oxygen atoms in total. The predicted molar refractivity (Wildman–Crippen MR) is 104 cm³/mol. The monoisotopic (exact) mass is 482 g/mol. The number of fused-ring (bicyclic) bond motifs is 1. The van der Waals surface area contributed by atoms with E-state index < -0.39 is 44.4 Å². The van der Waals surface area contributed by atoms with Gasteiger partial charge in [-0.2, -0.15) is 13.2 Å². The summed E-state index contributed by atoms with van der Waals surface area (Å²) in [7, 11) is -3.80. The van der Waals surface area contributed by atoms with Crippen molar-refractivity contribution in [1.82, 2.24) is 0 Å². The van der Waals surface area contributed by atoms with Crippen molar-refractivity contribution in [2.45, 2.75) is 45.1 Å². The number of hydrogen-bond acceptors (Lipinski definition) is 7. The highest BCUT2D eigenvalue weighted by Gasteiger charge is 2.42. The molecule has 0 amide bonds. The summed E-state index contributed by atoms with van der Waals surface area (Å²) in [5.74, 6) is -2.61. The fourth-order valence-corrected chi connectivity index (χ4v) is 4.60. The van der Waals surface area contributed by atoms with E-state index in [1.807, 2.05) is 0 Å². The molecule has 0 saturated heterocycles. The van der Waals surface area contributed by atoms with Crippen molar-refractivity contribution in [3.8, 4) is 11.5 Å². The topological polar surface area (TPSA) is 140 Å². The molecule has 0 saturated carbocycles. The number of phenolic OH excluding ortho intramolecular Hbond substituents is 1. The lowest BCUT2D eigenvalue weighted by atomic mass is 9.94. The van der Waals surface area contributed by atoms with Crippen LogP contribution < -0.4 is 4.74 Å². The number of aliphatic carboxylic acids is 1. The average Bonchev–Trinajstić information content (AvgIpc) is 3.07. The smallest absolute Gasteiger partial charge is 0.412 e. The van der Waals surface area contributed by atoms with E-state index in [0.29, 0.717) is 11.1 Å². The number of carboxylic acid groups (broad SMARTS) is 1. The number of aromatic hydroxyl groups is 1. The summed E-state index contributed by atoms with van der Waals surface area (Å²) in [5, 5.41) is 19.8. The Morgan fingerprint density at radius 2 is 2.00 bits per heavy atom. The van der Waals surface area contributed by atoms with Crippen LogP contribution in [0.15, 0.2) is 11.6 Å². The molecule has 1 aromatic rings. The first-order chi connectivity index (χ1) is 14.7. The zero-order chi connectivity index (χ0) is 24.4. The number of methoxy groups -OCH3 is 1. The Morgan fingerprint density at radius 3 is 2.53 bits per heavy atom. The Bertz CT molecular complexity index is 1000. The van der Waals surface area contributed by atoms with E-state index in [1.165, 1.54) is 20.1 Å². The van der Waals surface area contributed by atoms with E-state index in [9.17, 15) is 42.4 Å². The van der Waals surface area contributed by atoms with E-state index in [4.69, 9.17) is 9.47 Å². The van der Waals surface area contributed by atoms with Gasteiger partial charge in [0.15, 0.2) is 12.3 Å². The fraction of sp³-hybridized carbons (Fsp3) is 0.474. The van der Waals surface area contributed by atoms with Crippen LogP contribution in [-0.2, 0) is 31.6 Å². The van der Waals surface area contributed by atoms with E-state index in [-0.39, 0.29) is 41.2 Å². The third kappa shape index (κ3) is 5.62. The summed E-state index contributed by atoms with van der Waals surface area (Å²) in [6.07, 6.45) is -4.15. The van der Waals surface area contributed by atoms with Gasteiger partial charge in [0.2, 0.25) is 0 Å². The summed E-state index contributed by atoms with van der Waals surface area (Å²) >= 11 is 0. The van der Waals surface area contributed by atoms with Crippen molar-refractivity contribution in [2.75, 3.05) is 13.7 Å². The standard InChI is InChI=1S/C19H22F3O9P/c1-9(6-13(17(24)25)32(27,28)31-8-19(20,21)22)4-5-11-15(23)14-12(7-30-18(14)26)10(2)16(11)29-3/h4,13,23H,5-8H2,1-3H3,(H,24,25)(H,27,28). The van der Waals surface area contributed by atoms with E-state index in [2.05, 4.69) is 4.52 Å². The molecule has 1 aromatic carbocycles. The van der Waals surface area contributed by atoms with Gasteiger partial charge in [0.05, 0.1) is 7.11 Å². The number of allylic oxidation sites excluding steroid dienone is 2. The van der Waals surface area contributed by atoms with Crippen LogP contribution in [0.2, 0.25) is 0 Å². The largest absolute Gasteiger partial charge is 0.507 e. The molecule has 13 heteroatoms. The zero-order valence-electron chi connectivity index (χ0n) is 17.4. The molecule has 3 N–H and O–H groups in total. The van der Waals surface area contributed by atoms with Crippen molar-refractivity contribution in [2.24, 2.45) is 0 Å². The van der Waals surface area contributed by atoms with Crippen LogP contribution in [-0.4, -0.2) is 52.6 Å². The van der Waals surface area contributed by atoms with Gasteiger partial charge in [-0.1, -0.05) is 11.6 Å². The number of carbonyl (C=O) groups excluding carboxylic acids is 1. The molecule has 0 radical (unpaired) electrons. The lowest BCUT2D eigenvalue weighted by molar-refractivity contribution is -0.156. The van der Waals surface area contributed by atoms with Crippen molar-refractivity contribution in [3.05, 3.63) is 33.9 Å². The molecule has 1 heterocycles. The van der Waals surface area contributed by atoms with Gasteiger partial charge in [-0.25, -0.2) is 4.79 Å². The zero-order valence-corrected chi connectivity index (χ0v) is 18.2. The number of alkyl halides is 3. The molecule has 2 rings (SSSR count). The highest BCUT2D eigenvalue weighted by Crippen LogP contribution is 2.51. The van der Waals surface area contributed by atoms with Crippen molar-refractivity contribution >= 4 is 19.5 Å². The molecule has 1 aliphatic heterocycles. The quantitative estimate of drug-likeness (QED) is 0.274. The number of cyclic esters (lactones) is 1. The highest BCUT2D eigenvalue weighted by molar-refractivity contribution is 7.54. The van der Waals surface area contributed by atoms with Gasteiger partial charge in [-0.15, -0.1) is 0 Å². The number of rotatable bonds is 9. The van der Waals surface area contributed by atoms with Crippen LogP contribution in [0, 0.1) is 6.92 Å². The Morgan fingerprint density at radius 1 is 1.38 bits per heavy atom. The third-order valence-corrected chi connectivity index (χ3v) is 6.60. The number of esters is 1. The molecular formula is C19H22F3O9P. The first-order valence-electron chi connectivity index (χ1n) is 9.20. The second kappa shape index (κ2) is 9.51. The Labute approximate surface area is 180 Å². The van der Waals surface area contributed by atoms with Crippen LogP contribution in [0.5, 0.6) is 11.5 Å². The summed E-state index contributed by atoms with van der Waals surface area (Å²) in [6.45, 7) is 0.975. The predicted octanol–water partition coefficient (Wildman–Crippen LogP) is 3.48. The van der Waals surface area contributed by atoms with Gasteiger partial charge in [-0.3, -0.25) is 13.9 Å². The number of benzene rings is 1. The van der Waals surface area contributed by atoms with Crippen LogP contribution in [0.4, 0.5) is 13.2 Å². The van der Waals surface area contributed by atoms with Gasteiger partial charge in [0, 0.05) is 11.1 Å². The number of carbonyl (C=O) groups is 2. The molecule has 32 heavy (non-hydrogen) atoms. The lowest BCUT2D eigenvalue weighted by Gasteiger charge is -2.20. The summed E-state index contributed by atoms with van der Waals surface area (Å²) in [6, 6.07) is 0. The number of ether oxygens (including phenoxy) is 2. The van der Waals surface area contributed by atoms with Crippen LogP contribution in [0.25, 0.3) is 0 Å². The van der Waals surface area contributed by atoms with Crippen LogP contribution >= 0.6 is 7.60 Å². The second-order valence-corrected chi connectivity index (χ2v) is 9.19. The molecular weight excluding hydrogens is 460 g/mol. The maximum atomic E-state index is 12.3. The molecule has 1 aliphatic rings. The minimum atomic E-state index is -5.15. The maximum Gasteiger partial charge on any atom is 0.412 e.